The summed E-state index contributed by atoms with van der Waals surface area (Å²) in [4.78, 5) is 36.4. The Bertz CT molecular complexity index is 1070. The van der Waals surface area contributed by atoms with Crippen LogP contribution in [-0.4, -0.2) is 37.7 Å². The van der Waals surface area contributed by atoms with Gasteiger partial charge in [0.1, 0.15) is 6.04 Å². The fourth-order valence-electron chi connectivity index (χ4n) is 3.44. The van der Waals surface area contributed by atoms with Crippen LogP contribution in [-0.2, 0) is 29.1 Å². The van der Waals surface area contributed by atoms with Gasteiger partial charge in [0, 0.05) is 18.9 Å². The normalized spacial score (nSPS) is 24.6. The number of carbonyl (C=O) groups is 3. The summed E-state index contributed by atoms with van der Waals surface area (Å²) in [7, 11) is -3.95. The second kappa shape index (κ2) is 7.23. The Morgan fingerprint density at radius 1 is 1.14 bits per heavy atom. The Morgan fingerprint density at radius 3 is 2.34 bits per heavy atom. The number of sulfonamides is 1. The minimum Gasteiger partial charge on any atom is -0.449 e. The zero-order chi connectivity index (χ0) is 21.6. The van der Waals surface area contributed by atoms with Crippen LogP contribution in [0.4, 0.5) is 0 Å². The van der Waals surface area contributed by atoms with Gasteiger partial charge in [-0.15, -0.1) is 0 Å². The SMILES string of the molecule is CC(=O)NC1=C[C@]2(C[C@H](NS(=O)(=O)c3ccc(C)cc3)C(=O)O2)C(C)=C(C)C1=O. The maximum absolute atomic E-state index is 12.7. The molecule has 154 valence electrons. The molecule has 1 amide bonds. The summed E-state index contributed by atoms with van der Waals surface area (Å²) < 4.78 is 33.3. The summed E-state index contributed by atoms with van der Waals surface area (Å²) >= 11 is 0. The average Bonchev–Trinajstić information content (AvgIpc) is 2.93. The number of ether oxygens (including phenoxy) is 1. The van der Waals surface area contributed by atoms with E-state index in [1.807, 2.05) is 6.92 Å². The van der Waals surface area contributed by atoms with E-state index in [4.69, 9.17) is 4.74 Å². The molecule has 1 aromatic rings. The van der Waals surface area contributed by atoms with E-state index in [0.29, 0.717) is 11.1 Å². The monoisotopic (exact) mass is 418 g/mol. The highest BCUT2D eigenvalue weighted by Crippen LogP contribution is 2.41. The number of ketones is 1. The summed E-state index contributed by atoms with van der Waals surface area (Å²) in [6.45, 7) is 6.33. The van der Waals surface area contributed by atoms with Crippen molar-refractivity contribution in [3.05, 3.63) is 52.7 Å². The van der Waals surface area contributed by atoms with Crippen molar-refractivity contribution in [3.63, 3.8) is 0 Å². The van der Waals surface area contributed by atoms with Crippen LogP contribution in [0.1, 0.15) is 32.8 Å². The zero-order valence-corrected chi connectivity index (χ0v) is 17.3. The molecule has 0 saturated carbocycles. The largest absolute Gasteiger partial charge is 0.449 e. The smallest absolute Gasteiger partial charge is 0.325 e. The quantitative estimate of drug-likeness (QED) is 0.711. The molecule has 1 fully saturated rings. The van der Waals surface area contributed by atoms with Crippen molar-refractivity contribution >= 4 is 27.7 Å². The van der Waals surface area contributed by atoms with Gasteiger partial charge in [-0.25, -0.2) is 8.42 Å². The molecule has 2 N–H and O–H groups in total. The van der Waals surface area contributed by atoms with E-state index in [9.17, 15) is 22.8 Å². The fraction of sp³-hybridized carbons (Fsp3) is 0.350. The molecule has 2 aliphatic rings. The molecule has 1 aliphatic heterocycles. The van der Waals surface area contributed by atoms with Crippen LogP contribution in [0.2, 0.25) is 0 Å². The van der Waals surface area contributed by atoms with Gasteiger partial charge in [-0.05, 0) is 44.6 Å². The zero-order valence-electron chi connectivity index (χ0n) is 16.5. The topological polar surface area (TPSA) is 119 Å². The standard InChI is InChI=1S/C20H22N2O6S/c1-11-5-7-15(8-6-11)29(26,27)22-17-10-20(28-19(17)25)9-16(21-14(4)23)18(24)12(2)13(20)3/h5-9,17,22H,10H2,1-4H3,(H,21,23)/t17-,20-/m0/s1. The summed E-state index contributed by atoms with van der Waals surface area (Å²) in [5.74, 6) is -1.56. The maximum atomic E-state index is 12.7. The van der Waals surface area contributed by atoms with Crippen LogP contribution in [0.15, 0.2) is 52.1 Å². The lowest BCUT2D eigenvalue weighted by molar-refractivity contribution is -0.145. The molecule has 1 heterocycles. The molecular weight excluding hydrogens is 396 g/mol. The van der Waals surface area contributed by atoms with Gasteiger partial charge in [-0.1, -0.05) is 17.7 Å². The molecule has 1 aliphatic carbocycles. The highest BCUT2D eigenvalue weighted by atomic mass is 32.2. The molecular formula is C20H22N2O6S. The molecule has 2 atom stereocenters. The first-order valence-corrected chi connectivity index (χ1v) is 10.5. The third-order valence-corrected chi connectivity index (χ3v) is 6.66. The van der Waals surface area contributed by atoms with Crippen LogP contribution in [0.5, 0.6) is 0 Å². The molecule has 1 aromatic carbocycles. The summed E-state index contributed by atoms with van der Waals surface area (Å²) in [6, 6.07) is 5.10. The van der Waals surface area contributed by atoms with Crippen LogP contribution >= 0.6 is 0 Å². The molecule has 0 unspecified atom stereocenters. The molecule has 1 saturated heterocycles. The van der Waals surface area contributed by atoms with Gasteiger partial charge in [-0.3, -0.25) is 14.4 Å². The number of carbonyl (C=O) groups excluding carboxylic acids is 3. The van der Waals surface area contributed by atoms with Gasteiger partial charge in [-0.2, -0.15) is 4.72 Å². The molecule has 0 aromatic heterocycles. The second-order valence-corrected chi connectivity index (χ2v) is 9.03. The number of allylic oxidation sites excluding steroid dienone is 1. The lowest BCUT2D eigenvalue weighted by Gasteiger charge is -2.31. The van der Waals surface area contributed by atoms with Crippen molar-refractivity contribution < 1.29 is 27.5 Å². The van der Waals surface area contributed by atoms with Gasteiger partial charge in [0.25, 0.3) is 0 Å². The first kappa shape index (κ1) is 20.9. The van der Waals surface area contributed by atoms with Crippen molar-refractivity contribution in [2.45, 2.75) is 50.7 Å². The minimum atomic E-state index is -3.95. The summed E-state index contributed by atoms with van der Waals surface area (Å²) in [5.41, 5.74) is 0.457. The number of nitrogens with one attached hydrogen (secondary N) is 2. The molecule has 0 radical (unpaired) electrons. The predicted molar refractivity (Wildman–Crippen MR) is 104 cm³/mol. The molecule has 8 nitrogen and oxygen atoms in total. The third-order valence-electron chi connectivity index (χ3n) is 5.17. The van der Waals surface area contributed by atoms with Crippen molar-refractivity contribution in [2.75, 3.05) is 0 Å². The lowest BCUT2D eigenvalue weighted by Crippen LogP contribution is -2.40. The number of rotatable bonds is 4. The van der Waals surface area contributed by atoms with Gasteiger partial charge in [0.05, 0.1) is 10.6 Å². The molecule has 1 spiro atoms. The molecule has 3 rings (SSSR count). The average molecular weight is 418 g/mol. The maximum Gasteiger partial charge on any atom is 0.325 e. The minimum absolute atomic E-state index is 0.00967. The first-order chi connectivity index (χ1) is 13.4. The van der Waals surface area contributed by atoms with E-state index in [-0.39, 0.29) is 22.8 Å². The van der Waals surface area contributed by atoms with E-state index in [2.05, 4.69) is 10.0 Å². The second-order valence-electron chi connectivity index (χ2n) is 7.32. The number of hydrogen-bond donors (Lipinski definition) is 2. The summed E-state index contributed by atoms with van der Waals surface area (Å²) in [6.07, 6.45) is 1.35. The van der Waals surface area contributed by atoms with E-state index in [1.165, 1.54) is 25.1 Å². The molecule has 9 heteroatoms. The number of aryl methyl sites for hydroxylation is 1. The van der Waals surface area contributed by atoms with Gasteiger partial charge < -0.3 is 10.1 Å². The van der Waals surface area contributed by atoms with E-state index < -0.39 is 33.5 Å². The summed E-state index contributed by atoms with van der Waals surface area (Å²) in [5, 5.41) is 2.45. The number of hydrogen-bond acceptors (Lipinski definition) is 6. The van der Waals surface area contributed by atoms with Gasteiger partial charge in [0.15, 0.2) is 5.60 Å². The highest BCUT2D eigenvalue weighted by Gasteiger charge is 2.51. The Hall–Kier alpha value is -2.78. The molecule has 0 bridgehead atoms. The third kappa shape index (κ3) is 3.88. The van der Waals surface area contributed by atoms with Crippen molar-refractivity contribution in [3.8, 4) is 0 Å². The Labute approximate surface area is 169 Å². The Morgan fingerprint density at radius 2 is 1.76 bits per heavy atom. The van der Waals surface area contributed by atoms with E-state index >= 15 is 0 Å². The fourth-order valence-corrected chi connectivity index (χ4v) is 4.62. The van der Waals surface area contributed by atoms with Crippen LogP contribution in [0.25, 0.3) is 0 Å². The van der Waals surface area contributed by atoms with Crippen molar-refractivity contribution in [1.82, 2.24) is 10.0 Å². The molecule has 29 heavy (non-hydrogen) atoms. The van der Waals surface area contributed by atoms with Crippen molar-refractivity contribution in [1.29, 1.82) is 0 Å². The predicted octanol–water partition coefficient (Wildman–Crippen LogP) is 1.27. The number of esters is 1. The van der Waals surface area contributed by atoms with Gasteiger partial charge in [0.2, 0.25) is 21.7 Å². The highest BCUT2D eigenvalue weighted by molar-refractivity contribution is 7.89. The number of amides is 1. The Balaban J connectivity index is 1.92. The van der Waals surface area contributed by atoms with E-state index in [1.54, 1.807) is 26.0 Å². The van der Waals surface area contributed by atoms with Crippen LogP contribution in [0.3, 0.4) is 0 Å². The first-order valence-electron chi connectivity index (χ1n) is 9.00. The van der Waals surface area contributed by atoms with Crippen molar-refractivity contribution in [2.24, 2.45) is 0 Å². The Kier molecular flexibility index (Phi) is 5.22. The lowest BCUT2D eigenvalue weighted by atomic mass is 9.81. The van der Waals surface area contributed by atoms with E-state index in [0.717, 1.165) is 5.56 Å². The van der Waals surface area contributed by atoms with Crippen LogP contribution < -0.4 is 10.0 Å². The number of Topliss-reactive ketones (excluding diaryl/α,β-unsaturated/α-hetero) is 1. The number of benzene rings is 1. The van der Waals surface area contributed by atoms with Crippen LogP contribution in [0, 0.1) is 6.92 Å². The van der Waals surface area contributed by atoms with Gasteiger partial charge >= 0.3 is 5.97 Å².